The quantitative estimate of drug-likeness (QED) is 0.331. The Kier molecular flexibility index (Phi) is 5.94. The highest BCUT2D eigenvalue weighted by Crippen LogP contribution is 2.60. The van der Waals surface area contributed by atoms with Gasteiger partial charge in [-0.15, -0.1) is 0 Å². The van der Waals surface area contributed by atoms with Crippen molar-refractivity contribution in [2.24, 2.45) is 5.41 Å². The molecule has 0 spiro atoms. The Labute approximate surface area is 199 Å². The second kappa shape index (κ2) is 8.28. The highest BCUT2D eigenvalue weighted by Gasteiger charge is 2.50. The van der Waals surface area contributed by atoms with Gasteiger partial charge in [0.25, 0.3) is 0 Å². The molecule has 1 aromatic carbocycles. The summed E-state index contributed by atoms with van der Waals surface area (Å²) in [7, 11) is -4.77. The molecule has 0 radical (unpaired) electrons. The highest BCUT2D eigenvalue weighted by molar-refractivity contribution is 7.88. The maximum atomic E-state index is 13.0. The first-order valence-corrected chi connectivity index (χ1v) is 12.3. The molecule has 1 fully saturated rings. The van der Waals surface area contributed by atoms with E-state index in [1.807, 2.05) is 18.4 Å². The smallest absolute Gasteiger partial charge is 0.493 e. The van der Waals surface area contributed by atoms with Crippen LogP contribution in [0.1, 0.15) is 61.5 Å². The molecule has 190 valence electrons. The number of methoxy groups -OCH3 is 1. The lowest BCUT2D eigenvalue weighted by Gasteiger charge is -2.40. The van der Waals surface area contributed by atoms with Crippen LogP contribution in [0.3, 0.4) is 0 Å². The third-order valence-corrected chi connectivity index (χ3v) is 7.62. The molecular formula is C23H24F3NO7S. The Morgan fingerprint density at radius 3 is 2.49 bits per heavy atom. The van der Waals surface area contributed by atoms with Crippen LogP contribution in [0.5, 0.6) is 11.5 Å². The Bertz CT molecular complexity index is 1360. The molecule has 35 heavy (non-hydrogen) atoms. The lowest BCUT2D eigenvalue weighted by molar-refractivity contribution is -0.0500. The van der Waals surface area contributed by atoms with Gasteiger partial charge in [-0.25, -0.2) is 4.79 Å². The van der Waals surface area contributed by atoms with Gasteiger partial charge in [-0.2, -0.15) is 21.6 Å². The number of hydrogen-bond acceptors (Lipinski definition) is 7. The average molecular weight is 516 g/mol. The number of esters is 1. The van der Waals surface area contributed by atoms with Gasteiger partial charge in [-0.3, -0.25) is 4.79 Å². The molecule has 2 aromatic rings. The Morgan fingerprint density at radius 2 is 1.89 bits per heavy atom. The lowest BCUT2D eigenvalue weighted by Crippen LogP contribution is -2.32. The van der Waals surface area contributed by atoms with Gasteiger partial charge in [0.05, 0.1) is 19.4 Å². The van der Waals surface area contributed by atoms with Crippen LogP contribution in [0.2, 0.25) is 0 Å². The standard InChI is InChI=1S/C23H24F3NO7S/c1-5-33-21(29)15-11-27-16(10-17(15)28)14-9-18(32-4)19(34-35(30,31)23(24,25)26)8-13(14)12-6-7-22(2,3)20(12)27/h8-12,20H,5-7H2,1-4H3/t12-,20+/m1/s1. The summed E-state index contributed by atoms with van der Waals surface area (Å²) in [6.07, 6.45) is 2.85. The van der Waals surface area contributed by atoms with E-state index in [0.29, 0.717) is 23.2 Å². The number of alkyl halides is 3. The van der Waals surface area contributed by atoms with Gasteiger partial charge in [0, 0.05) is 29.8 Å². The molecule has 8 nitrogen and oxygen atoms in total. The molecule has 1 saturated carbocycles. The Morgan fingerprint density at radius 1 is 1.20 bits per heavy atom. The second-order valence-corrected chi connectivity index (χ2v) is 10.8. The highest BCUT2D eigenvalue weighted by atomic mass is 32.2. The van der Waals surface area contributed by atoms with Crippen molar-refractivity contribution in [1.82, 2.24) is 4.57 Å². The maximum absolute atomic E-state index is 13.0. The van der Waals surface area contributed by atoms with Crippen LogP contribution in [0, 0.1) is 5.41 Å². The number of benzene rings is 1. The summed E-state index contributed by atoms with van der Waals surface area (Å²) in [5, 5.41) is 0. The zero-order valence-electron chi connectivity index (χ0n) is 19.4. The first-order valence-electron chi connectivity index (χ1n) is 10.9. The van der Waals surface area contributed by atoms with E-state index in [9.17, 15) is 31.2 Å². The monoisotopic (exact) mass is 515 g/mol. The van der Waals surface area contributed by atoms with E-state index in [-0.39, 0.29) is 35.3 Å². The molecule has 2 heterocycles. The van der Waals surface area contributed by atoms with E-state index in [2.05, 4.69) is 4.18 Å². The van der Waals surface area contributed by atoms with Gasteiger partial charge in [-0.1, -0.05) is 13.8 Å². The topological polar surface area (TPSA) is 101 Å². The summed E-state index contributed by atoms with van der Waals surface area (Å²) in [5.74, 6) is -1.83. The van der Waals surface area contributed by atoms with Crippen molar-refractivity contribution in [3.05, 3.63) is 45.7 Å². The molecule has 1 aliphatic heterocycles. The zero-order chi connectivity index (χ0) is 25.9. The largest absolute Gasteiger partial charge is 0.534 e. The third kappa shape index (κ3) is 4.07. The fourth-order valence-electron chi connectivity index (χ4n) is 5.13. The predicted octanol–water partition coefficient (Wildman–Crippen LogP) is 4.39. The summed E-state index contributed by atoms with van der Waals surface area (Å²) in [5.41, 5.74) is -5.18. The minimum Gasteiger partial charge on any atom is -0.493 e. The summed E-state index contributed by atoms with van der Waals surface area (Å²) in [6.45, 7) is 5.76. The predicted molar refractivity (Wildman–Crippen MR) is 119 cm³/mol. The molecule has 0 unspecified atom stereocenters. The van der Waals surface area contributed by atoms with E-state index >= 15 is 0 Å². The maximum Gasteiger partial charge on any atom is 0.534 e. The number of pyridine rings is 1. The minimum atomic E-state index is -5.93. The SMILES string of the molecule is CCOC(=O)c1cn2c(cc1=O)-c1cc(OC)c(OS(=O)(=O)C(F)(F)F)cc1[C@H]1CCC(C)(C)[C@H]12. The number of carbonyl (C=O) groups excluding carboxylic acids is 1. The zero-order valence-corrected chi connectivity index (χ0v) is 20.2. The number of ether oxygens (including phenoxy) is 2. The molecule has 2 atom stereocenters. The molecule has 0 amide bonds. The van der Waals surface area contributed by atoms with Crippen molar-refractivity contribution in [1.29, 1.82) is 0 Å². The van der Waals surface area contributed by atoms with Crippen molar-refractivity contribution in [3.8, 4) is 22.8 Å². The van der Waals surface area contributed by atoms with Crippen molar-refractivity contribution >= 4 is 16.1 Å². The molecule has 0 saturated heterocycles. The molecule has 4 rings (SSSR count). The first kappa shape index (κ1) is 25.1. The van der Waals surface area contributed by atoms with Gasteiger partial charge in [0.2, 0.25) is 0 Å². The fourth-order valence-corrected chi connectivity index (χ4v) is 5.59. The van der Waals surface area contributed by atoms with Crippen LogP contribution in [-0.4, -0.2) is 38.2 Å². The van der Waals surface area contributed by atoms with Crippen LogP contribution < -0.4 is 14.3 Å². The van der Waals surface area contributed by atoms with E-state index in [1.54, 1.807) is 6.92 Å². The second-order valence-electron chi connectivity index (χ2n) is 9.22. The van der Waals surface area contributed by atoms with Crippen LogP contribution in [-0.2, 0) is 14.9 Å². The van der Waals surface area contributed by atoms with Crippen molar-refractivity contribution in [3.63, 3.8) is 0 Å². The summed E-state index contributed by atoms with van der Waals surface area (Å²) >= 11 is 0. The number of aromatic nitrogens is 1. The van der Waals surface area contributed by atoms with Crippen LogP contribution in [0.4, 0.5) is 13.2 Å². The van der Waals surface area contributed by atoms with E-state index in [0.717, 1.165) is 13.5 Å². The number of hydrogen-bond donors (Lipinski definition) is 0. The summed E-state index contributed by atoms with van der Waals surface area (Å²) in [4.78, 5) is 25.2. The molecule has 0 N–H and O–H groups in total. The van der Waals surface area contributed by atoms with Gasteiger partial charge in [0.15, 0.2) is 16.9 Å². The molecule has 0 bridgehead atoms. The number of fused-ring (bicyclic) bond motifs is 6. The molecule has 12 heteroatoms. The fraction of sp³-hybridized carbons (Fsp3) is 0.478. The van der Waals surface area contributed by atoms with E-state index < -0.39 is 32.8 Å². The minimum absolute atomic E-state index is 0.0984. The molecule has 2 aliphatic rings. The number of carbonyl (C=O) groups is 1. The number of rotatable bonds is 5. The van der Waals surface area contributed by atoms with Crippen LogP contribution >= 0.6 is 0 Å². The Balaban J connectivity index is 1.96. The normalized spacial score (nSPS) is 20.4. The average Bonchev–Trinajstić information content (AvgIpc) is 3.07. The molecular weight excluding hydrogens is 491 g/mol. The van der Waals surface area contributed by atoms with Crippen LogP contribution in [0.25, 0.3) is 11.3 Å². The van der Waals surface area contributed by atoms with Gasteiger partial charge in [-0.05, 0) is 42.9 Å². The summed E-state index contributed by atoms with van der Waals surface area (Å²) < 4.78 is 78.8. The van der Waals surface area contributed by atoms with E-state index in [1.165, 1.54) is 24.4 Å². The van der Waals surface area contributed by atoms with Crippen LogP contribution in [0.15, 0.2) is 29.2 Å². The number of nitrogens with zero attached hydrogens (tertiary/aromatic N) is 1. The van der Waals surface area contributed by atoms with Gasteiger partial charge >= 0.3 is 21.6 Å². The van der Waals surface area contributed by atoms with Gasteiger partial charge < -0.3 is 18.2 Å². The van der Waals surface area contributed by atoms with Crippen molar-refractivity contribution in [2.75, 3.05) is 13.7 Å². The van der Waals surface area contributed by atoms with Crippen molar-refractivity contribution < 1.29 is 40.0 Å². The lowest BCUT2D eigenvalue weighted by atomic mass is 9.77. The van der Waals surface area contributed by atoms with E-state index in [4.69, 9.17) is 9.47 Å². The number of halogens is 3. The molecule has 1 aromatic heterocycles. The van der Waals surface area contributed by atoms with Gasteiger partial charge in [0.1, 0.15) is 5.56 Å². The Hall–Kier alpha value is -3.02. The third-order valence-electron chi connectivity index (χ3n) is 6.65. The first-order chi connectivity index (χ1) is 16.2. The van der Waals surface area contributed by atoms with Crippen molar-refractivity contribution in [2.45, 2.75) is 51.1 Å². The summed E-state index contributed by atoms with van der Waals surface area (Å²) in [6, 6.07) is 3.61. The molecule has 1 aliphatic carbocycles.